The van der Waals surface area contributed by atoms with Crippen molar-refractivity contribution in [1.82, 2.24) is 5.32 Å². The van der Waals surface area contributed by atoms with Crippen LogP contribution in [0.15, 0.2) is 60.2 Å². The van der Waals surface area contributed by atoms with Crippen molar-refractivity contribution in [3.05, 3.63) is 76.9 Å². The molecule has 0 aliphatic heterocycles. The van der Waals surface area contributed by atoms with Gasteiger partial charge in [-0.25, -0.2) is 0 Å². The molecule has 2 aromatic carbocycles. The predicted molar refractivity (Wildman–Crippen MR) is 97.8 cm³/mol. The van der Waals surface area contributed by atoms with Gasteiger partial charge >= 0.3 is 0 Å². The fourth-order valence-electron chi connectivity index (χ4n) is 3.24. The van der Waals surface area contributed by atoms with Gasteiger partial charge in [0.25, 0.3) is 0 Å². The van der Waals surface area contributed by atoms with Gasteiger partial charge in [0.05, 0.1) is 0 Å². The summed E-state index contributed by atoms with van der Waals surface area (Å²) in [6.07, 6.45) is 4.73. The Bertz CT molecular complexity index is 661. The third-order valence-electron chi connectivity index (χ3n) is 4.72. The Balaban J connectivity index is 1.59. The van der Waals surface area contributed by atoms with Crippen molar-refractivity contribution in [3.8, 4) is 0 Å². The van der Waals surface area contributed by atoms with Crippen LogP contribution in [-0.4, -0.2) is 6.04 Å². The highest BCUT2D eigenvalue weighted by Gasteiger charge is 2.38. The maximum Gasteiger partial charge on any atom is 0.0211 e. The lowest BCUT2D eigenvalue weighted by atomic mass is 10.0. The first-order chi connectivity index (χ1) is 11.3. The molecule has 0 spiro atoms. The summed E-state index contributed by atoms with van der Waals surface area (Å²) in [6, 6.07) is 19.7. The van der Waals surface area contributed by atoms with Gasteiger partial charge in [0, 0.05) is 19.1 Å². The van der Waals surface area contributed by atoms with Gasteiger partial charge in [-0.2, -0.15) is 0 Å². The molecular formula is C21H26N2. The molecular weight excluding hydrogens is 280 g/mol. The van der Waals surface area contributed by atoms with Crippen molar-refractivity contribution in [1.29, 1.82) is 0 Å². The van der Waals surface area contributed by atoms with E-state index in [0.29, 0.717) is 18.5 Å². The van der Waals surface area contributed by atoms with E-state index in [0.717, 1.165) is 13.0 Å². The second kappa shape index (κ2) is 7.58. The highest BCUT2D eigenvalue weighted by atomic mass is 15.0. The van der Waals surface area contributed by atoms with Gasteiger partial charge in [-0.3, -0.25) is 0 Å². The van der Waals surface area contributed by atoms with Gasteiger partial charge in [-0.1, -0.05) is 73.2 Å². The van der Waals surface area contributed by atoms with Crippen molar-refractivity contribution >= 4 is 6.08 Å². The molecule has 1 saturated carbocycles. The minimum absolute atomic E-state index is 0.607. The van der Waals surface area contributed by atoms with E-state index < -0.39 is 0 Å². The fourth-order valence-corrected chi connectivity index (χ4v) is 3.24. The molecule has 3 N–H and O–H groups in total. The van der Waals surface area contributed by atoms with Crippen LogP contribution in [-0.2, 0) is 13.1 Å². The zero-order chi connectivity index (χ0) is 16.1. The Kier molecular flexibility index (Phi) is 5.27. The summed E-state index contributed by atoms with van der Waals surface area (Å²) in [4.78, 5) is 0. The first-order valence-corrected chi connectivity index (χ1v) is 8.57. The fraction of sp³-hybridized carbons (Fsp3) is 0.333. The summed E-state index contributed by atoms with van der Waals surface area (Å²) >= 11 is 0. The van der Waals surface area contributed by atoms with Crippen LogP contribution >= 0.6 is 0 Å². The third-order valence-corrected chi connectivity index (χ3v) is 4.72. The second-order valence-corrected chi connectivity index (χ2v) is 6.29. The van der Waals surface area contributed by atoms with Crippen molar-refractivity contribution < 1.29 is 0 Å². The molecule has 2 heteroatoms. The molecule has 1 aliphatic rings. The molecule has 0 amide bonds. The van der Waals surface area contributed by atoms with E-state index in [1.807, 2.05) is 0 Å². The molecule has 1 aliphatic carbocycles. The summed E-state index contributed by atoms with van der Waals surface area (Å²) in [5, 5.41) is 3.70. The average molecular weight is 306 g/mol. The summed E-state index contributed by atoms with van der Waals surface area (Å²) < 4.78 is 0. The van der Waals surface area contributed by atoms with Crippen LogP contribution in [0.3, 0.4) is 0 Å². The van der Waals surface area contributed by atoms with Crippen molar-refractivity contribution in [2.75, 3.05) is 0 Å². The maximum atomic E-state index is 5.82. The predicted octanol–water partition coefficient (Wildman–Crippen LogP) is 4.12. The van der Waals surface area contributed by atoms with Crippen LogP contribution < -0.4 is 11.1 Å². The lowest BCUT2D eigenvalue weighted by molar-refractivity contribution is 0.651. The Morgan fingerprint density at radius 2 is 1.78 bits per heavy atom. The van der Waals surface area contributed by atoms with Gasteiger partial charge in [0.2, 0.25) is 0 Å². The minimum atomic E-state index is 0.607. The number of rotatable bonds is 7. The summed E-state index contributed by atoms with van der Waals surface area (Å²) in [5.41, 5.74) is 11.3. The SMILES string of the molecule is CCC(=Cc1ccccc1)C1CC1NCc1ccccc1CN. The molecule has 23 heavy (non-hydrogen) atoms. The van der Waals surface area contributed by atoms with Gasteiger partial charge in [0.1, 0.15) is 0 Å². The van der Waals surface area contributed by atoms with Crippen LogP contribution in [0.5, 0.6) is 0 Å². The molecule has 3 rings (SSSR count). The number of nitrogens with one attached hydrogen (secondary N) is 1. The number of hydrogen-bond acceptors (Lipinski definition) is 2. The Hall–Kier alpha value is -1.90. The number of benzene rings is 2. The van der Waals surface area contributed by atoms with Crippen LogP contribution in [0.2, 0.25) is 0 Å². The molecule has 2 atom stereocenters. The smallest absolute Gasteiger partial charge is 0.0211 e. The van der Waals surface area contributed by atoms with Gasteiger partial charge in [-0.15, -0.1) is 0 Å². The van der Waals surface area contributed by atoms with Crippen molar-refractivity contribution in [2.45, 2.75) is 38.9 Å². The normalized spacial score (nSPS) is 20.5. The second-order valence-electron chi connectivity index (χ2n) is 6.29. The van der Waals surface area contributed by atoms with Gasteiger partial charge < -0.3 is 11.1 Å². The molecule has 0 radical (unpaired) electrons. The lowest BCUT2D eigenvalue weighted by Crippen LogP contribution is -2.19. The van der Waals surface area contributed by atoms with Gasteiger partial charge in [0.15, 0.2) is 0 Å². The van der Waals surface area contributed by atoms with E-state index in [9.17, 15) is 0 Å². The molecule has 0 heterocycles. The van der Waals surface area contributed by atoms with Crippen molar-refractivity contribution in [2.24, 2.45) is 11.7 Å². The molecule has 2 aromatic rings. The molecule has 0 bridgehead atoms. The first-order valence-electron chi connectivity index (χ1n) is 8.57. The quantitative estimate of drug-likeness (QED) is 0.807. The van der Waals surface area contributed by atoms with E-state index in [-0.39, 0.29) is 0 Å². The van der Waals surface area contributed by atoms with Crippen LogP contribution in [0.25, 0.3) is 6.08 Å². The van der Waals surface area contributed by atoms with Crippen molar-refractivity contribution in [3.63, 3.8) is 0 Å². The highest BCUT2D eigenvalue weighted by Crippen LogP contribution is 2.39. The zero-order valence-corrected chi connectivity index (χ0v) is 13.8. The third kappa shape index (κ3) is 4.10. The lowest BCUT2D eigenvalue weighted by Gasteiger charge is -2.10. The Morgan fingerprint density at radius 1 is 1.09 bits per heavy atom. The van der Waals surface area contributed by atoms with Crippen LogP contribution in [0.1, 0.15) is 36.5 Å². The topological polar surface area (TPSA) is 38.0 Å². The summed E-state index contributed by atoms with van der Waals surface area (Å²) in [5.74, 6) is 0.685. The molecule has 0 aromatic heterocycles. The van der Waals surface area contributed by atoms with E-state index in [1.165, 1.54) is 23.1 Å². The minimum Gasteiger partial charge on any atom is -0.326 e. The molecule has 0 saturated heterocycles. The average Bonchev–Trinajstić information content (AvgIpc) is 3.38. The standard InChI is InChI=1S/C21H26N2/c1-2-17(12-16-8-4-3-5-9-16)20-13-21(20)23-15-19-11-7-6-10-18(19)14-22/h3-12,20-21,23H,2,13-15,22H2,1H3. The zero-order valence-electron chi connectivity index (χ0n) is 13.8. The number of hydrogen-bond donors (Lipinski definition) is 2. The van der Waals surface area contributed by atoms with E-state index in [2.05, 4.69) is 72.9 Å². The number of nitrogens with two attached hydrogens (primary N) is 1. The van der Waals surface area contributed by atoms with Crippen LogP contribution in [0.4, 0.5) is 0 Å². The van der Waals surface area contributed by atoms with E-state index >= 15 is 0 Å². The molecule has 120 valence electrons. The van der Waals surface area contributed by atoms with E-state index in [4.69, 9.17) is 5.73 Å². The molecule has 2 nitrogen and oxygen atoms in total. The Morgan fingerprint density at radius 3 is 2.48 bits per heavy atom. The maximum absolute atomic E-state index is 5.82. The Labute approximate surface area is 139 Å². The molecule has 2 unspecified atom stereocenters. The highest BCUT2D eigenvalue weighted by molar-refractivity contribution is 5.54. The summed E-state index contributed by atoms with van der Waals surface area (Å²) in [7, 11) is 0. The molecule has 1 fully saturated rings. The van der Waals surface area contributed by atoms with E-state index in [1.54, 1.807) is 5.57 Å². The van der Waals surface area contributed by atoms with Gasteiger partial charge in [-0.05, 0) is 35.4 Å². The largest absolute Gasteiger partial charge is 0.326 e. The summed E-state index contributed by atoms with van der Waals surface area (Å²) in [6.45, 7) is 3.78. The first kappa shape index (κ1) is 16.0. The monoisotopic (exact) mass is 306 g/mol. The van der Waals surface area contributed by atoms with Crippen LogP contribution in [0, 0.1) is 5.92 Å².